The third-order valence-corrected chi connectivity index (χ3v) is 1.37. The van der Waals surface area contributed by atoms with E-state index in [2.05, 4.69) is 0 Å². The van der Waals surface area contributed by atoms with Crippen molar-refractivity contribution in [3.8, 4) is 0 Å². The van der Waals surface area contributed by atoms with E-state index in [1.165, 1.54) is 0 Å². The first-order valence-corrected chi connectivity index (χ1v) is 3.31. The van der Waals surface area contributed by atoms with E-state index in [0.717, 1.165) is 18.2 Å². The van der Waals surface area contributed by atoms with Crippen molar-refractivity contribution in [2.45, 2.75) is 12.8 Å². The third kappa shape index (κ3) is 2.22. The number of benzene rings is 1. The van der Waals surface area contributed by atoms with Crippen molar-refractivity contribution in [2.75, 3.05) is 0 Å². The molecule has 0 aliphatic rings. The van der Waals surface area contributed by atoms with Gasteiger partial charge in [0.25, 0.3) is 0 Å². The zero-order chi connectivity index (χ0) is 9.14. The Morgan fingerprint density at radius 1 is 1.08 bits per heavy atom. The fraction of sp³-hybridized carbons (Fsp3) is 0.250. The van der Waals surface area contributed by atoms with Crippen LogP contribution in [0, 0.1) is 11.6 Å². The molecule has 0 bridgehead atoms. The van der Waals surface area contributed by atoms with Gasteiger partial charge < -0.3 is 0 Å². The Balaban J connectivity index is 2.82. The molecule has 0 N–H and O–H groups in total. The highest BCUT2D eigenvalue weighted by molar-refractivity contribution is 5.18. The minimum absolute atomic E-state index is 0.101. The maximum Gasteiger partial charge on any atom is 0.242 e. The standard InChI is InChI=1S/C8H6F4/c9-6-2-1-5(3-7(6)10)4-8(11)12/h1-3,8H,4H2. The highest BCUT2D eigenvalue weighted by Crippen LogP contribution is 2.11. The van der Waals surface area contributed by atoms with Crippen LogP contribution in [0.4, 0.5) is 17.6 Å². The summed E-state index contributed by atoms with van der Waals surface area (Å²) in [6.45, 7) is 0. The molecule has 12 heavy (non-hydrogen) atoms. The monoisotopic (exact) mass is 178 g/mol. The average Bonchev–Trinajstić information content (AvgIpc) is 1.96. The lowest BCUT2D eigenvalue weighted by Crippen LogP contribution is -1.97. The summed E-state index contributed by atoms with van der Waals surface area (Å²) in [5.74, 6) is -2.11. The van der Waals surface area contributed by atoms with Crippen molar-refractivity contribution >= 4 is 0 Å². The Morgan fingerprint density at radius 3 is 2.25 bits per heavy atom. The molecule has 1 rings (SSSR count). The molecule has 66 valence electrons. The van der Waals surface area contributed by atoms with Crippen molar-refractivity contribution in [1.29, 1.82) is 0 Å². The molecule has 0 atom stereocenters. The van der Waals surface area contributed by atoms with Gasteiger partial charge in [-0.15, -0.1) is 0 Å². The van der Waals surface area contributed by atoms with Gasteiger partial charge in [0, 0.05) is 6.42 Å². The van der Waals surface area contributed by atoms with Crippen LogP contribution in [0.2, 0.25) is 0 Å². The van der Waals surface area contributed by atoms with Gasteiger partial charge in [0.15, 0.2) is 11.6 Å². The Labute approximate surface area is 66.8 Å². The normalized spacial score (nSPS) is 10.8. The maximum absolute atomic E-state index is 12.4. The number of halogens is 4. The lowest BCUT2D eigenvalue weighted by Gasteiger charge is -1.99. The lowest BCUT2D eigenvalue weighted by molar-refractivity contribution is 0.149. The molecular formula is C8H6F4. The second kappa shape index (κ2) is 3.56. The minimum Gasteiger partial charge on any atom is -0.210 e. The van der Waals surface area contributed by atoms with Crippen LogP contribution < -0.4 is 0 Å². The Hall–Kier alpha value is -1.06. The Bertz CT molecular complexity index is 270. The molecule has 0 aliphatic heterocycles. The van der Waals surface area contributed by atoms with E-state index in [9.17, 15) is 17.6 Å². The van der Waals surface area contributed by atoms with Crippen molar-refractivity contribution in [2.24, 2.45) is 0 Å². The molecule has 1 aromatic rings. The molecule has 0 heterocycles. The van der Waals surface area contributed by atoms with Gasteiger partial charge in [0.05, 0.1) is 0 Å². The van der Waals surface area contributed by atoms with E-state index in [-0.39, 0.29) is 5.56 Å². The second-order valence-electron chi connectivity index (χ2n) is 2.34. The number of rotatable bonds is 2. The summed E-state index contributed by atoms with van der Waals surface area (Å²) in [7, 11) is 0. The average molecular weight is 178 g/mol. The summed E-state index contributed by atoms with van der Waals surface area (Å²) in [5, 5.41) is 0. The largest absolute Gasteiger partial charge is 0.242 e. The first-order valence-electron chi connectivity index (χ1n) is 3.31. The molecule has 0 radical (unpaired) electrons. The predicted molar refractivity (Wildman–Crippen MR) is 36.1 cm³/mol. The zero-order valence-electron chi connectivity index (χ0n) is 6.03. The summed E-state index contributed by atoms with van der Waals surface area (Å²) in [4.78, 5) is 0. The smallest absolute Gasteiger partial charge is 0.210 e. The highest BCUT2D eigenvalue weighted by atomic mass is 19.3. The number of alkyl halides is 2. The third-order valence-electron chi connectivity index (χ3n) is 1.37. The second-order valence-corrected chi connectivity index (χ2v) is 2.34. The predicted octanol–water partition coefficient (Wildman–Crippen LogP) is 2.77. The first kappa shape index (κ1) is 9.03. The summed E-state index contributed by atoms with van der Waals surface area (Å²) in [6, 6.07) is 2.76. The fourth-order valence-corrected chi connectivity index (χ4v) is 0.845. The highest BCUT2D eigenvalue weighted by Gasteiger charge is 2.07. The number of hydrogen-bond donors (Lipinski definition) is 0. The van der Waals surface area contributed by atoms with E-state index < -0.39 is 24.5 Å². The fourth-order valence-electron chi connectivity index (χ4n) is 0.845. The topological polar surface area (TPSA) is 0 Å². The minimum atomic E-state index is -2.53. The van der Waals surface area contributed by atoms with Gasteiger partial charge in [0.1, 0.15) is 0 Å². The molecule has 0 saturated carbocycles. The molecule has 0 aliphatic carbocycles. The molecule has 0 fully saturated rings. The molecule has 0 spiro atoms. The van der Waals surface area contributed by atoms with Crippen LogP contribution in [0.3, 0.4) is 0 Å². The molecule has 0 aromatic heterocycles. The van der Waals surface area contributed by atoms with Crippen molar-refractivity contribution in [1.82, 2.24) is 0 Å². The van der Waals surface area contributed by atoms with E-state index in [1.54, 1.807) is 0 Å². The molecular weight excluding hydrogens is 172 g/mol. The summed E-state index contributed by atoms with van der Waals surface area (Å²) < 4.78 is 48.2. The molecule has 0 unspecified atom stereocenters. The van der Waals surface area contributed by atoms with Crippen LogP contribution in [0.15, 0.2) is 18.2 Å². The molecule has 1 aromatic carbocycles. The number of hydrogen-bond acceptors (Lipinski definition) is 0. The molecule has 4 heteroatoms. The van der Waals surface area contributed by atoms with Crippen LogP contribution in [-0.4, -0.2) is 6.43 Å². The first-order chi connectivity index (χ1) is 5.59. The lowest BCUT2D eigenvalue weighted by atomic mass is 10.1. The summed E-state index contributed by atoms with van der Waals surface area (Å²) in [6.07, 6.45) is -3.08. The van der Waals surface area contributed by atoms with Gasteiger partial charge in [-0.25, -0.2) is 17.6 Å². The molecule has 0 saturated heterocycles. The van der Waals surface area contributed by atoms with Gasteiger partial charge in [-0.2, -0.15) is 0 Å². The van der Waals surface area contributed by atoms with Crippen LogP contribution in [0.1, 0.15) is 5.56 Å². The zero-order valence-corrected chi connectivity index (χ0v) is 6.03. The van der Waals surface area contributed by atoms with E-state index in [1.807, 2.05) is 0 Å². The van der Waals surface area contributed by atoms with Crippen molar-refractivity contribution in [3.05, 3.63) is 35.4 Å². The Morgan fingerprint density at radius 2 is 1.75 bits per heavy atom. The van der Waals surface area contributed by atoms with E-state index in [0.29, 0.717) is 0 Å². The van der Waals surface area contributed by atoms with Gasteiger partial charge in [0.2, 0.25) is 6.43 Å². The van der Waals surface area contributed by atoms with Gasteiger partial charge in [-0.05, 0) is 17.7 Å². The molecule has 0 nitrogen and oxygen atoms in total. The molecule has 0 amide bonds. The van der Waals surface area contributed by atoms with Crippen LogP contribution >= 0.6 is 0 Å². The summed E-state index contributed by atoms with van der Waals surface area (Å²) in [5.41, 5.74) is 0.101. The Kier molecular flexibility index (Phi) is 2.68. The van der Waals surface area contributed by atoms with Crippen molar-refractivity contribution < 1.29 is 17.6 Å². The van der Waals surface area contributed by atoms with Gasteiger partial charge >= 0.3 is 0 Å². The van der Waals surface area contributed by atoms with Crippen LogP contribution in [0.25, 0.3) is 0 Å². The summed E-state index contributed by atoms with van der Waals surface area (Å²) >= 11 is 0. The van der Waals surface area contributed by atoms with Crippen LogP contribution in [0.5, 0.6) is 0 Å². The van der Waals surface area contributed by atoms with E-state index in [4.69, 9.17) is 0 Å². The quantitative estimate of drug-likeness (QED) is 0.611. The van der Waals surface area contributed by atoms with Gasteiger partial charge in [-0.3, -0.25) is 0 Å². The van der Waals surface area contributed by atoms with E-state index >= 15 is 0 Å². The van der Waals surface area contributed by atoms with Crippen molar-refractivity contribution in [3.63, 3.8) is 0 Å². The SMILES string of the molecule is Fc1ccc(CC(F)F)cc1F. The van der Waals surface area contributed by atoms with Crippen LogP contribution in [-0.2, 0) is 6.42 Å². The maximum atomic E-state index is 12.4. The van der Waals surface area contributed by atoms with Gasteiger partial charge in [-0.1, -0.05) is 6.07 Å².